The third kappa shape index (κ3) is 2.05. The van der Waals surface area contributed by atoms with E-state index in [2.05, 4.69) is 19.0 Å². The van der Waals surface area contributed by atoms with Crippen LogP contribution in [0.15, 0.2) is 15.8 Å². The zero-order chi connectivity index (χ0) is 17.2. The quantitative estimate of drug-likeness (QED) is 0.451. The van der Waals surface area contributed by atoms with E-state index in [1.807, 2.05) is 6.92 Å². The Morgan fingerprint density at radius 1 is 1.48 bits per heavy atom. The van der Waals surface area contributed by atoms with E-state index in [1.165, 1.54) is 0 Å². The maximum Gasteiger partial charge on any atom is 0.303 e. The molecule has 6 heteroatoms. The fraction of sp³-hybridized carbons (Fsp3) is 0.765. The van der Waals surface area contributed by atoms with Gasteiger partial charge >= 0.3 is 5.16 Å². The van der Waals surface area contributed by atoms with Gasteiger partial charge in [0.2, 0.25) is 5.91 Å². The van der Waals surface area contributed by atoms with E-state index in [0.29, 0.717) is 30.5 Å². The van der Waals surface area contributed by atoms with Crippen LogP contribution >= 0.6 is 11.6 Å². The molecule has 3 unspecified atom stereocenters. The number of carbonyl (C=O) groups is 2. The zero-order valence-electron chi connectivity index (χ0n) is 14.5. The number of ketones is 1. The molecular weight excluding hydrogens is 314 g/mol. The molecule has 0 aromatic carbocycles. The summed E-state index contributed by atoms with van der Waals surface area (Å²) < 4.78 is 1.65. The first kappa shape index (κ1) is 16.6. The fourth-order valence-corrected chi connectivity index (χ4v) is 5.05. The second-order valence-corrected chi connectivity index (χ2v) is 8.14. The Bertz CT molecular complexity index is 652. The lowest BCUT2D eigenvalue weighted by molar-refractivity contribution is -0.502. The standard InChI is InChI=1S/C17H25ClN3O2/c1-10-12(14(18)21(5)19-10)9-20(4)15(23)17-7-6-11(8-13(17)22)16(17,2)3/h10-11H,6-9H2,1-5H3/q+1. The molecule has 5 nitrogen and oxygen atoms in total. The maximum absolute atomic E-state index is 13.2. The van der Waals surface area contributed by atoms with E-state index >= 15 is 0 Å². The van der Waals surface area contributed by atoms with Crippen molar-refractivity contribution >= 4 is 23.3 Å². The molecule has 0 aromatic heterocycles. The zero-order valence-corrected chi connectivity index (χ0v) is 15.3. The largest absolute Gasteiger partial charge is 0.340 e. The first-order chi connectivity index (χ1) is 10.6. The third-order valence-corrected chi connectivity index (χ3v) is 6.90. The van der Waals surface area contributed by atoms with Crippen molar-refractivity contribution < 1.29 is 14.3 Å². The van der Waals surface area contributed by atoms with Gasteiger partial charge in [0.15, 0.2) is 7.05 Å². The maximum atomic E-state index is 13.2. The monoisotopic (exact) mass is 338 g/mol. The van der Waals surface area contributed by atoms with E-state index in [1.54, 1.807) is 23.7 Å². The molecule has 2 bridgehead atoms. The summed E-state index contributed by atoms with van der Waals surface area (Å²) in [5, 5.41) is 4.95. The SMILES string of the molecule is CC1N=[N+](C)C(Cl)=C1CN(C)C(=O)C12CCC(CC1=O)C2(C)C. The van der Waals surface area contributed by atoms with E-state index in [4.69, 9.17) is 11.6 Å². The first-order valence-corrected chi connectivity index (χ1v) is 8.62. The van der Waals surface area contributed by atoms with E-state index in [-0.39, 0.29) is 23.1 Å². The Kier molecular flexibility index (Phi) is 3.71. The summed E-state index contributed by atoms with van der Waals surface area (Å²) in [5.41, 5.74) is -0.167. The van der Waals surface area contributed by atoms with Gasteiger partial charge in [-0.15, -0.1) is 0 Å². The molecule has 0 spiro atoms. The van der Waals surface area contributed by atoms with Crippen molar-refractivity contribution in [3.63, 3.8) is 0 Å². The minimum atomic E-state index is -0.843. The summed E-state index contributed by atoms with van der Waals surface area (Å²) in [6, 6.07) is -0.0381. The lowest BCUT2D eigenvalue weighted by atomic mass is 9.68. The number of likely N-dealkylation sites (N-methyl/N-ethyl adjacent to an activating group) is 1. The molecule has 3 atom stereocenters. The van der Waals surface area contributed by atoms with Crippen LogP contribution in [0.4, 0.5) is 0 Å². The molecule has 3 aliphatic rings. The highest BCUT2D eigenvalue weighted by Gasteiger charge is 2.68. The van der Waals surface area contributed by atoms with Crippen molar-refractivity contribution in [2.24, 2.45) is 21.9 Å². The summed E-state index contributed by atoms with van der Waals surface area (Å²) in [4.78, 5) is 27.5. The van der Waals surface area contributed by atoms with Gasteiger partial charge in [0.25, 0.3) is 0 Å². The fourth-order valence-electron chi connectivity index (χ4n) is 4.79. The molecule has 1 aliphatic heterocycles. The smallest absolute Gasteiger partial charge is 0.303 e. The summed E-state index contributed by atoms with van der Waals surface area (Å²) >= 11 is 6.30. The number of rotatable bonds is 3. The van der Waals surface area contributed by atoms with Crippen molar-refractivity contribution in [1.29, 1.82) is 0 Å². The van der Waals surface area contributed by atoms with Crippen LogP contribution in [0.1, 0.15) is 40.0 Å². The predicted octanol–water partition coefficient (Wildman–Crippen LogP) is 2.79. The van der Waals surface area contributed by atoms with Crippen LogP contribution in [0.5, 0.6) is 0 Å². The average molecular weight is 339 g/mol. The van der Waals surface area contributed by atoms with Gasteiger partial charge in [-0.3, -0.25) is 9.59 Å². The highest BCUT2D eigenvalue weighted by Crippen LogP contribution is 2.64. The van der Waals surface area contributed by atoms with Crippen LogP contribution < -0.4 is 0 Å². The Labute approximate surface area is 142 Å². The Morgan fingerprint density at radius 3 is 2.57 bits per heavy atom. The second kappa shape index (κ2) is 5.13. The van der Waals surface area contributed by atoms with Gasteiger partial charge in [-0.1, -0.05) is 18.5 Å². The number of carbonyl (C=O) groups excluding carboxylic acids is 2. The van der Waals surface area contributed by atoms with E-state index in [9.17, 15) is 9.59 Å². The van der Waals surface area contributed by atoms with Crippen LogP contribution in [-0.4, -0.2) is 48.0 Å². The predicted molar refractivity (Wildman–Crippen MR) is 87.2 cm³/mol. The molecule has 0 radical (unpaired) electrons. The van der Waals surface area contributed by atoms with E-state index in [0.717, 1.165) is 12.0 Å². The number of Topliss-reactive ketones (excluding diaryl/α,β-unsaturated/α-hetero) is 1. The molecule has 23 heavy (non-hydrogen) atoms. The molecule has 1 amide bonds. The lowest BCUT2D eigenvalue weighted by Gasteiger charge is -2.38. The summed E-state index contributed by atoms with van der Waals surface area (Å²) in [5.74, 6) is 0.407. The number of halogens is 1. The lowest BCUT2D eigenvalue weighted by Crippen LogP contribution is -2.51. The van der Waals surface area contributed by atoms with Gasteiger partial charge in [0, 0.05) is 13.5 Å². The molecular formula is C17H25ClN3O2+. The van der Waals surface area contributed by atoms with E-state index < -0.39 is 5.41 Å². The molecule has 1 heterocycles. The number of hydrogen-bond acceptors (Lipinski definition) is 3. The topological polar surface area (TPSA) is 52.8 Å². The molecule has 126 valence electrons. The van der Waals surface area contributed by atoms with Gasteiger partial charge in [0.05, 0.1) is 12.1 Å². The molecule has 2 aliphatic carbocycles. The van der Waals surface area contributed by atoms with Crippen molar-refractivity contribution in [2.45, 2.75) is 46.1 Å². The van der Waals surface area contributed by atoms with Gasteiger partial charge in [-0.25, -0.2) is 0 Å². The van der Waals surface area contributed by atoms with Crippen molar-refractivity contribution in [2.75, 3.05) is 20.6 Å². The highest BCUT2D eigenvalue weighted by molar-refractivity contribution is 6.28. The second-order valence-electron chi connectivity index (χ2n) is 7.78. The summed E-state index contributed by atoms with van der Waals surface area (Å²) in [6.45, 7) is 6.54. The first-order valence-electron chi connectivity index (χ1n) is 8.25. The van der Waals surface area contributed by atoms with Gasteiger partial charge in [-0.2, -0.15) is 0 Å². The number of hydrogen-bond donors (Lipinski definition) is 0. The minimum Gasteiger partial charge on any atom is -0.340 e. The number of amides is 1. The number of azo groups is 2. The van der Waals surface area contributed by atoms with Crippen LogP contribution in [0, 0.1) is 16.7 Å². The molecule has 0 N–H and O–H groups in total. The minimum absolute atomic E-state index is 0.0381. The Balaban J connectivity index is 1.85. The average Bonchev–Trinajstić information content (AvgIpc) is 2.95. The molecule has 0 saturated heterocycles. The Hall–Kier alpha value is -1.23. The van der Waals surface area contributed by atoms with Gasteiger partial charge in [0.1, 0.15) is 17.2 Å². The number of nitrogens with zero attached hydrogens (tertiary/aromatic N) is 3. The highest BCUT2D eigenvalue weighted by atomic mass is 35.5. The number of fused-ring (bicyclic) bond motifs is 2. The summed E-state index contributed by atoms with van der Waals surface area (Å²) in [6.07, 6.45) is 2.19. The Morgan fingerprint density at radius 2 is 2.13 bits per heavy atom. The van der Waals surface area contributed by atoms with Crippen LogP contribution in [0.3, 0.4) is 0 Å². The molecule has 2 fully saturated rings. The third-order valence-electron chi connectivity index (χ3n) is 6.42. The van der Waals surface area contributed by atoms with Crippen LogP contribution in [-0.2, 0) is 9.59 Å². The van der Waals surface area contributed by atoms with Crippen molar-refractivity contribution in [3.8, 4) is 0 Å². The van der Waals surface area contributed by atoms with Gasteiger partial charge < -0.3 is 4.90 Å². The molecule has 3 rings (SSSR count). The van der Waals surface area contributed by atoms with Crippen LogP contribution in [0.25, 0.3) is 0 Å². The van der Waals surface area contributed by atoms with Crippen molar-refractivity contribution in [3.05, 3.63) is 10.7 Å². The van der Waals surface area contributed by atoms with Crippen LogP contribution in [0.2, 0.25) is 0 Å². The van der Waals surface area contributed by atoms with Crippen molar-refractivity contribution in [1.82, 2.24) is 4.90 Å². The summed E-state index contributed by atoms with van der Waals surface area (Å²) in [7, 11) is 3.58. The molecule has 0 aromatic rings. The van der Waals surface area contributed by atoms with Gasteiger partial charge in [-0.05, 0) is 47.8 Å². The molecule has 2 saturated carbocycles. The normalized spacial score (nSPS) is 35.0.